The molecule has 0 bridgehead atoms. The van der Waals surface area contributed by atoms with Crippen molar-refractivity contribution >= 4 is 35.3 Å². The second-order valence-electron chi connectivity index (χ2n) is 6.54. The molecule has 1 aliphatic heterocycles. The maximum absolute atomic E-state index is 12.2. The third kappa shape index (κ3) is 4.68. The number of ether oxygens (including phenoxy) is 2. The Hall–Kier alpha value is -1.66. The van der Waals surface area contributed by atoms with Gasteiger partial charge in [0, 0.05) is 17.5 Å². The molecule has 2 atom stereocenters. The van der Waals surface area contributed by atoms with Crippen LogP contribution in [0, 0.1) is 0 Å². The minimum absolute atomic E-state index is 0.0920. The molecule has 0 saturated carbocycles. The van der Waals surface area contributed by atoms with Crippen LogP contribution in [-0.2, 0) is 9.53 Å². The van der Waals surface area contributed by atoms with E-state index in [1.807, 2.05) is 0 Å². The topological polar surface area (TPSA) is 76.1 Å². The van der Waals surface area contributed by atoms with Crippen molar-refractivity contribution in [3.8, 4) is 5.75 Å². The molecule has 1 amide bonds. The van der Waals surface area contributed by atoms with E-state index >= 15 is 0 Å². The Labute approximate surface area is 150 Å². The first-order chi connectivity index (χ1) is 11.1. The lowest BCUT2D eigenvalue weighted by Crippen LogP contribution is -2.43. The number of benzene rings is 1. The van der Waals surface area contributed by atoms with Gasteiger partial charge in [-0.1, -0.05) is 23.2 Å². The molecule has 0 aliphatic carbocycles. The third-order valence-corrected chi connectivity index (χ3v) is 3.91. The fourth-order valence-electron chi connectivity index (χ4n) is 2.39. The van der Waals surface area contributed by atoms with Crippen LogP contribution in [0.15, 0.2) is 18.2 Å². The van der Waals surface area contributed by atoms with Crippen LogP contribution in [0.4, 0.5) is 4.79 Å². The van der Waals surface area contributed by atoms with Crippen molar-refractivity contribution in [3.63, 3.8) is 0 Å². The van der Waals surface area contributed by atoms with Crippen molar-refractivity contribution < 1.29 is 24.2 Å². The lowest BCUT2D eigenvalue weighted by Gasteiger charge is -2.26. The summed E-state index contributed by atoms with van der Waals surface area (Å²) < 4.78 is 11.0. The smallest absolute Gasteiger partial charge is 0.411 e. The van der Waals surface area contributed by atoms with Crippen LogP contribution in [-0.4, -0.2) is 46.4 Å². The molecule has 1 aromatic carbocycles. The average Bonchev–Trinajstić information content (AvgIpc) is 2.85. The zero-order valence-electron chi connectivity index (χ0n) is 13.6. The number of hydrogen-bond acceptors (Lipinski definition) is 4. The Kier molecular flexibility index (Phi) is 5.50. The van der Waals surface area contributed by atoms with Crippen molar-refractivity contribution in [1.29, 1.82) is 0 Å². The molecule has 0 unspecified atom stereocenters. The predicted molar refractivity (Wildman–Crippen MR) is 89.9 cm³/mol. The summed E-state index contributed by atoms with van der Waals surface area (Å²) in [6.07, 6.45) is -1.06. The van der Waals surface area contributed by atoms with Gasteiger partial charge in [0.1, 0.15) is 23.5 Å². The number of carboxylic acids is 1. The Morgan fingerprint density at radius 3 is 2.54 bits per heavy atom. The number of rotatable bonds is 3. The lowest BCUT2D eigenvalue weighted by atomic mass is 10.2. The van der Waals surface area contributed by atoms with Gasteiger partial charge >= 0.3 is 12.1 Å². The molecule has 0 spiro atoms. The van der Waals surface area contributed by atoms with Crippen molar-refractivity contribution in [2.75, 3.05) is 6.54 Å². The summed E-state index contributed by atoms with van der Waals surface area (Å²) in [7, 11) is 0. The number of carbonyl (C=O) groups is 2. The van der Waals surface area contributed by atoms with Crippen LogP contribution in [0.5, 0.6) is 5.75 Å². The minimum Gasteiger partial charge on any atom is -0.487 e. The Bertz CT molecular complexity index is 644. The van der Waals surface area contributed by atoms with E-state index in [-0.39, 0.29) is 13.0 Å². The van der Waals surface area contributed by atoms with E-state index in [0.717, 1.165) is 4.90 Å². The van der Waals surface area contributed by atoms with Crippen LogP contribution in [0.2, 0.25) is 10.0 Å². The van der Waals surface area contributed by atoms with Gasteiger partial charge in [-0.2, -0.15) is 0 Å². The molecule has 0 radical (unpaired) electrons. The van der Waals surface area contributed by atoms with Gasteiger partial charge in [0.25, 0.3) is 0 Å². The van der Waals surface area contributed by atoms with Gasteiger partial charge in [0.05, 0.1) is 11.6 Å². The highest BCUT2D eigenvalue weighted by Crippen LogP contribution is 2.31. The summed E-state index contributed by atoms with van der Waals surface area (Å²) in [6, 6.07) is 3.76. The van der Waals surface area contributed by atoms with E-state index in [1.54, 1.807) is 39.0 Å². The average molecular weight is 376 g/mol. The summed E-state index contributed by atoms with van der Waals surface area (Å²) >= 11 is 12.0. The summed E-state index contributed by atoms with van der Waals surface area (Å²) in [5.74, 6) is -0.756. The molecule has 1 saturated heterocycles. The molecular weight excluding hydrogens is 357 g/mol. The summed E-state index contributed by atoms with van der Waals surface area (Å²) in [4.78, 5) is 24.8. The van der Waals surface area contributed by atoms with Gasteiger partial charge in [-0.3, -0.25) is 4.90 Å². The molecule has 0 aromatic heterocycles. The van der Waals surface area contributed by atoms with Gasteiger partial charge in [-0.15, -0.1) is 0 Å². The van der Waals surface area contributed by atoms with Gasteiger partial charge < -0.3 is 14.6 Å². The molecule has 1 heterocycles. The highest BCUT2D eigenvalue weighted by molar-refractivity contribution is 6.34. The van der Waals surface area contributed by atoms with E-state index in [2.05, 4.69) is 0 Å². The zero-order chi connectivity index (χ0) is 18.1. The Morgan fingerprint density at radius 2 is 1.96 bits per heavy atom. The highest BCUT2D eigenvalue weighted by atomic mass is 35.5. The van der Waals surface area contributed by atoms with Crippen molar-refractivity contribution in [3.05, 3.63) is 28.2 Å². The molecule has 8 heteroatoms. The van der Waals surface area contributed by atoms with Crippen molar-refractivity contribution in [2.45, 2.75) is 44.9 Å². The molecule has 1 fully saturated rings. The molecular formula is C16H19Cl2NO5. The maximum atomic E-state index is 12.2. The first kappa shape index (κ1) is 18.7. The molecule has 2 rings (SSSR count). The number of nitrogens with zero attached hydrogens (tertiary/aromatic N) is 1. The number of carbonyl (C=O) groups excluding carboxylic acids is 1. The Morgan fingerprint density at radius 1 is 1.29 bits per heavy atom. The third-order valence-electron chi connectivity index (χ3n) is 3.36. The summed E-state index contributed by atoms with van der Waals surface area (Å²) in [5, 5.41) is 10.2. The van der Waals surface area contributed by atoms with Gasteiger partial charge in [0.2, 0.25) is 0 Å². The zero-order valence-corrected chi connectivity index (χ0v) is 15.1. The largest absolute Gasteiger partial charge is 0.487 e. The molecule has 132 valence electrons. The van der Waals surface area contributed by atoms with E-state index in [1.165, 1.54) is 0 Å². The molecule has 1 aliphatic rings. The van der Waals surface area contributed by atoms with E-state index in [0.29, 0.717) is 15.8 Å². The molecule has 1 N–H and O–H groups in total. The second kappa shape index (κ2) is 7.07. The minimum atomic E-state index is -1.11. The number of carboxylic acid groups (broad SMARTS) is 1. The highest BCUT2D eigenvalue weighted by Gasteiger charge is 2.42. The fraction of sp³-hybridized carbons (Fsp3) is 0.500. The number of likely N-dealkylation sites (tertiary alicyclic amines) is 1. The molecule has 6 nitrogen and oxygen atoms in total. The number of halogens is 2. The van der Waals surface area contributed by atoms with Gasteiger partial charge in [0.15, 0.2) is 0 Å². The van der Waals surface area contributed by atoms with E-state index in [4.69, 9.17) is 32.7 Å². The van der Waals surface area contributed by atoms with Crippen LogP contribution >= 0.6 is 23.2 Å². The van der Waals surface area contributed by atoms with Crippen LogP contribution in [0.1, 0.15) is 27.2 Å². The second-order valence-corrected chi connectivity index (χ2v) is 7.38. The normalized spacial score (nSPS) is 20.8. The van der Waals surface area contributed by atoms with Crippen LogP contribution < -0.4 is 4.74 Å². The van der Waals surface area contributed by atoms with Crippen molar-refractivity contribution in [1.82, 2.24) is 4.90 Å². The summed E-state index contributed by atoms with van der Waals surface area (Å²) in [6.45, 7) is 5.25. The fourth-order valence-corrected chi connectivity index (χ4v) is 2.71. The van der Waals surface area contributed by atoms with Crippen LogP contribution in [0.3, 0.4) is 0 Å². The predicted octanol–water partition coefficient (Wildman–Crippen LogP) is 3.83. The SMILES string of the molecule is CC(C)(C)OC(=O)N1C[C@@H](Oc2cc(Cl)ccc2Cl)C[C@H]1C(=O)O. The molecule has 24 heavy (non-hydrogen) atoms. The molecule has 1 aromatic rings. The van der Waals surface area contributed by atoms with E-state index < -0.39 is 29.8 Å². The first-order valence-electron chi connectivity index (χ1n) is 7.41. The quantitative estimate of drug-likeness (QED) is 0.868. The maximum Gasteiger partial charge on any atom is 0.411 e. The summed E-state index contributed by atoms with van der Waals surface area (Å²) in [5.41, 5.74) is -0.713. The number of amides is 1. The number of hydrogen-bond donors (Lipinski definition) is 1. The van der Waals surface area contributed by atoms with Crippen LogP contribution in [0.25, 0.3) is 0 Å². The standard InChI is InChI=1S/C16H19Cl2NO5/c1-16(2,3)24-15(22)19-8-10(7-12(19)14(20)21)23-13-6-9(17)4-5-11(13)18/h4-6,10,12H,7-8H2,1-3H3,(H,20,21)/t10-,12-/m0/s1. The lowest BCUT2D eigenvalue weighted by molar-refractivity contribution is -0.142. The first-order valence-corrected chi connectivity index (χ1v) is 8.16. The number of aliphatic carboxylic acids is 1. The van der Waals surface area contributed by atoms with Gasteiger partial charge in [-0.25, -0.2) is 9.59 Å². The monoisotopic (exact) mass is 375 g/mol. The van der Waals surface area contributed by atoms with E-state index in [9.17, 15) is 14.7 Å². The van der Waals surface area contributed by atoms with Gasteiger partial charge in [-0.05, 0) is 32.9 Å². The van der Waals surface area contributed by atoms with Crippen molar-refractivity contribution in [2.24, 2.45) is 0 Å². The Balaban J connectivity index is 2.13.